The first-order valence-electron chi connectivity index (χ1n) is 9.61. The molecule has 0 spiro atoms. The molecule has 3 N–H and O–H groups in total. The van der Waals surface area contributed by atoms with Crippen LogP contribution in [0.5, 0.6) is 0 Å². The molecule has 2 aromatic carbocycles. The van der Waals surface area contributed by atoms with E-state index >= 15 is 0 Å². The highest BCUT2D eigenvalue weighted by Crippen LogP contribution is 2.20. The van der Waals surface area contributed by atoms with Crippen LogP contribution in [0.15, 0.2) is 53.0 Å². The maximum atomic E-state index is 12.8. The normalized spacial score (nSPS) is 14.2. The third kappa shape index (κ3) is 5.90. The van der Waals surface area contributed by atoms with Crippen molar-refractivity contribution in [2.45, 2.75) is 38.8 Å². The van der Waals surface area contributed by atoms with E-state index in [-0.39, 0.29) is 29.7 Å². The predicted molar refractivity (Wildman–Crippen MR) is 116 cm³/mol. The lowest BCUT2D eigenvalue weighted by Gasteiger charge is -2.22. The summed E-state index contributed by atoms with van der Waals surface area (Å²) >= 11 is 3.34. The Kier molecular flexibility index (Phi) is 6.69. The Bertz CT molecular complexity index is 908. The lowest BCUT2D eigenvalue weighted by molar-refractivity contribution is -0.118. The summed E-state index contributed by atoms with van der Waals surface area (Å²) in [4.78, 5) is 37.5. The number of hydrogen-bond acceptors (Lipinski definition) is 3. The number of carbonyl (C=O) groups is 3. The molecular weight excluding hydrogens is 434 g/mol. The smallest absolute Gasteiger partial charge is 0.251 e. The van der Waals surface area contributed by atoms with Gasteiger partial charge >= 0.3 is 0 Å². The van der Waals surface area contributed by atoms with Crippen molar-refractivity contribution in [2.24, 2.45) is 5.92 Å². The first-order valence-corrected chi connectivity index (χ1v) is 10.4. The number of halogens is 1. The van der Waals surface area contributed by atoms with E-state index in [0.717, 1.165) is 17.3 Å². The fourth-order valence-electron chi connectivity index (χ4n) is 2.82. The molecule has 0 aromatic heterocycles. The summed E-state index contributed by atoms with van der Waals surface area (Å²) in [5.74, 6) is -0.905. The first kappa shape index (κ1) is 21.0. The Morgan fingerprint density at radius 2 is 1.66 bits per heavy atom. The van der Waals surface area contributed by atoms with Crippen molar-refractivity contribution in [1.82, 2.24) is 10.6 Å². The van der Waals surface area contributed by atoms with Crippen molar-refractivity contribution >= 4 is 39.3 Å². The minimum absolute atomic E-state index is 0.115. The minimum atomic E-state index is -0.713. The van der Waals surface area contributed by atoms with Crippen molar-refractivity contribution in [3.8, 4) is 0 Å². The van der Waals surface area contributed by atoms with Crippen LogP contribution in [0.3, 0.4) is 0 Å². The Morgan fingerprint density at radius 3 is 2.28 bits per heavy atom. The molecule has 0 bridgehead atoms. The molecule has 0 saturated heterocycles. The van der Waals surface area contributed by atoms with Gasteiger partial charge < -0.3 is 16.0 Å². The highest BCUT2D eigenvalue weighted by Gasteiger charge is 2.26. The molecular formula is C22H24BrN3O3. The molecule has 29 heavy (non-hydrogen) atoms. The van der Waals surface area contributed by atoms with Crippen molar-refractivity contribution in [2.75, 3.05) is 5.32 Å². The van der Waals surface area contributed by atoms with E-state index in [2.05, 4.69) is 31.9 Å². The van der Waals surface area contributed by atoms with Crippen molar-refractivity contribution < 1.29 is 14.4 Å². The number of anilines is 1. The number of nitrogens with one attached hydrogen (secondary N) is 3. The van der Waals surface area contributed by atoms with E-state index in [9.17, 15) is 14.4 Å². The summed E-state index contributed by atoms with van der Waals surface area (Å²) in [5.41, 5.74) is 1.49. The molecule has 0 heterocycles. The van der Waals surface area contributed by atoms with Gasteiger partial charge in [0, 0.05) is 27.3 Å². The van der Waals surface area contributed by atoms with Gasteiger partial charge in [0.1, 0.15) is 6.04 Å². The summed E-state index contributed by atoms with van der Waals surface area (Å²) in [7, 11) is 0. The largest absolute Gasteiger partial charge is 0.349 e. The monoisotopic (exact) mass is 457 g/mol. The van der Waals surface area contributed by atoms with Crippen LogP contribution >= 0.6 is 15.9 Å². The molecule has 3 amide bonds. The van der Waals surface area contributed by atoms with E-state index in [0.29, 0.717) is 16.8 Å². The van der Waals surface area contributed by atoms with Crippen LogP contribution in [-0.2, 0) is 4.79 Å². The SMILES string of the molecule is CC(C)[C@H](NC(=O)c1ccc(Br)cc1)C(=O)Nc1cccc(C(=O)NC2CC2)c1. The van der Waals surface area contributed by atoms with Gasteiger partial charge in [-0.05, 0) is 61.2 Å². The molecule has 7 heteroatoms. The first-order chi connectivity index (χ1) is 13.8. The number of amides is 3. The summed E-state index contributed by atoms with van der Waals surface area (Å²) in [6.45, 7) is 3.73. The van der Waals surface area contributed by atoms with Crippen LogP contribution in [0.2, 0.25) is 0 Å². The van der Waals surface area contributed by atoms with Gasteiger partial charge in [-0.1, -0.05) is 35.8 Å². The van der Waals surface area contributed by atoms with Crippen LogP contribution in [0, 0.1) is 5.92 Å². The molecule has 1 saturated carbocycles. The predicted octanol–water partition coefficient (Wildman–Crippen LogP) is 3.73. The zero-order valence-electron chi connectivity index (χ0n) is 16.4. The van der Waals surface area contributed by atoms with Crippen LogP contribution in [0.1, 0.15) is 47.4 Å². The molecule has 6 nitrogen and oxygen atoms in total. The Balaban J connectivity index is 1.67. The second-order valence-electron chi connectivity index (χ2n) is 7.52. The molecule has 0 unspecified atom stereocenters. The number of benzene rings is 2. The highest BCUT2D eigenvalue weighted by atomic mass is 79.9. The maximum absolute atomic E-state index is 12.8. The topological polar surface area (TPSA) is 87.3 Å². The summed E-state index contributed by atoms with van der Waals surface area (Å²) in [6, 6.07) is 13.3. The lowest BCUT2D eigenvalue weighted by Crippen LogP contribution is -2.47. The fraction of sp³-hybridized carbons (Fsp3) is 0.318. The van der Waals surface area contributed by atoms with E-state index in [4.69, 9.17) is 0 Å². The Labute approximate surface area is 178 Å². The summed E-state index contributed by atoms with van der Waals surface area (Å²) < 4.78 is 0.873. The van der Waals surface area contributed by atoms with E-state index < -0.39 is 6.04 Å². The molecule has 2 aromatic rings. The fourth-order valence-corrected chi connectivity index (χ4v) is 3.08. The molecule has 152 valence electrons. The maximum Gasteiger partial charge on any atom is 0.251 e. The van der Waals surface area contributed by atoms with Gasteiger partial charge in [0.2, 0.25) is 5.91 Å². The van der Waals surface area contributed by atoms with E-state index in [1.807, 2.05) is 13.8 Å². The van der Waals surface area contributed by atoms with Gasteiger partial charge in [0.05, 0.1) is 0 Å². The van der Waals surface area contributed by atoms with Gasteiger partial charge in [-0.25, -0.2) is 0 Å². The molecule has 1 atom stereocenters. The Hall–Kier alpha value is -2.67. The second kappa shape index (κ2) is 9.22. The third-order valence-electron chi connectivity index (χ3n) is 4.65. The lowest BCUT2D eigenvalue weighted by atomic mass is 10.0. The van der Waals surface area contributed by atoms with Crippen molar-refractivity contribution in [1.29, 1.82) is 0 Å². The molecule has 1 aliphatic carbocycles. The van der Waals surface area contributed by atoms with Crippen LogP contribution < -0.4 is 16.0 Å². The van der Waals surface area contributed by atoms with Gasteiger partial charge in [0.15, 0.2) is 0 Å². The average Bonchev–Trinajstić information content (AvgIpc) is 3.50. The highest BCUT2D eigenvalue weighted by molar-refractivity contribution is 9.10. The quantitative estimate of drug-likeness (QED) is 0.591. The standard InChI is InChI=1S/C22H24BrN3O3/c1-13(2)19(26-20(27)14-6-8-16(23)9-7-14)22(29)25-18-5-3-4-15(12-18)21(28)24-17-10-11-17/h3-9,12-13,17,19H,10-11H2,1-2H3,(H,24,28)(H,25,29)(H,26,27)/t19-/m0/s1. The molecule has 0 radical (unpaired) electrons. The van der Waals surface area contributed by atoms with Crippen LogP contribution in [0.25, 0.3) is 0 Å². The summed E-state index contributed by atoms with van der Waals surface area (Å²) in [5, 5.41) is 8.54. The zero-order valence-corrected chi connectivity index (χ0v) is 18.0. The zero-order chi connectivity index (χ0) is 21.0. The average molecular weight is 458 g/mol. The van der Waals surface area contributed by atoms with Crippen LogP contribution in [-0.4, -0.2) is 29.8 Å². The van der Waals surface area contributed by atoms with Crippen LogP contribution in [0.4, 0.5) is 5.69 Å². The second-order valence-corrected chi connectivity index (χ2v) is 8.44. The van der Waals surface area contributed by atoms with Gasteiger partial charge in [-0.3, -0.25) is 14.4 Å². The number of rotatable bonds is 7. The number of hydrogen-bond donors (Lipinski definition) is 3. The Morgan fingerprint density at radius 1 is 0.966 bits per heavy atom. The molecule has 0 aliphatic heterocycles. The van der Waals surface area contributed by atoms with Crippen molar-refractivity contribution in [3.63, 3.8) is 0 Å². The van der Waals surface area contributed by atoms with Gasteiger partial charge in [0.25, 0.3) is 11.8 Å². The molecule has 1 aliphatic rings. The van der Waals surface area contributed by atoms with E-state index in [1.165, 1.54) is 0 Å². The van der Waals surface area contributed by atoms with Gasteiger partial charge in [-0.15, -0.1) is 0 Å². The van der Waals surface area contributed by atoms with E-state index in [1.54, 1.807) is 48.5 Å². The third-order valence-corrected chi connectivity index (χ3v) is 5.18. The minimum Gasteiger partial charge on any atom is -0.349 e. The molecule has 3 rings (SSSR count). The summed E-state index contributed by atoms with van der Waals surface area (Å²) in [6.07, 6.45) is 2.02. The van der Waals surface area contributed by atoms with Crippen molar-refractivity contribution in [3.05, 3.63) is 64.1 Å². The van der Waals surface area contributed by atoms with Gasteiger partial charge in [-0.2, -0.15) is 0 Å². The number of carbonyl (C=O) groups excluding carboxylic acids is 3. The molecule has 1 fully saturated rings.